The molecule has 36 heavy (non-hydrogen) atoms. The fraction of sp³-hybridized carbons (Fsp3) is 0.240. The van der Waals surface area contributed by atoms with Crippen LogP contribution in [0.5, 0.6) is 0 Å². The highest BCUT2D eigenvalue weighted by Gasteiger charge is 2.52. The molecule has 1 saturated heterocycles. The third-order valence-corrected chi connectivity index (χ3v) is 8.64. The van der Waals surface area contributed by atoms with E-state index in [4.69, 9.17) is 4.74 Å². The summed E-state index contributed by atoms with van der Waals surface area (Å²) in [6.45, 7) is 1.72. The van der Waals surface area contributed by atoms with Gasteiger partial charge in [-0.2, -0.15) is 0 Å². The molecule has 184 valence electrons. The fourth-order valence-corrected chi connectivity index (χ4v) is 7.18. The Morgan fingerprint density at radius 3 is 2.44 bits per heavy atom. The molecular weight excluding hydrogens is 502 g/mol. The van der Waals surface area contributed by atoms with E-state index < -0.39 is 34.9 Å². The quantitative estimate of drug-likeness (QED) is 0.376. The van der Waals surface area contributed by atoms with Gasteiger partial charge in [0.15, 0.2) is 0 Å². The Morgan fingerprint density at radius 1 is 1.03 bits per heavy atom. The number of benzene rings is 2. The lowest BCUT2D eigenvalue weighted by atomic mass is 9.83. The number of imide groups is 1. The van der Waals surface area contributed by atoms with E-state index in [-0.39, 0.29) is 23.9 Å². The first-order chi connectivity index (χ1) is 17.4. The molecule has 5 rings (SSSR count). The largest absolute Gasteiger partial charge is 0.462 e. The maximum absolute atomic E-state index is 13.0. The highest BCUT2D eigenvalue weighted by Crippen LogP contribution is 2.51. The van der Waals surface area contributed by atoms with E-state index in [1.165, 1.54) is 4.57 Å². The van der Waals surface area contributed by atoms with Crippen molar-refractivity contribution in [2.24, 2.45) is 5.92 Å². The molecule has 0 saturated carbocycles. The molecule has 0 aliphatic carbocycles. The average molecular weight is 524 g/mol. The van der Waals surface area contributed by atoms with Gasteiger partial charge in [-0.3, -0.25) is 29.1 Å². The van der Waals surface area contributed by atoms with Crippen molar-refractivity contribution in [1.82, 2.24) is 9.88 Å². The predicted octanol–water partition coefficient (Wildman–Crippen LogP) is 2.60. The highest BCUT2D eigenvalue weighted by atomic mass is 32.2. The van der Waals surface area contributed by atoms with E-state index in [1.807, 2.05) is 30.3 Å². The molecule has 11 heteroatoms. The van der Waals surface area contributed by atoms with Gasteiger partial charge >= 0.3 is 10.8 Å². The minimum atomic E-state index is -0.686. The summed E-state index contributed by atoms with van der Waals surface area (Å²) >= 11 is 2.15. The van der Waals surface area contributed by atoms with Crippen molar-refractivity contribution in [3.8, 4) is 0 Å². The molecule has 1 aromatic heterocycles. The van der Waals surface area contributed by atoms with Crippen molar-refractivity contribution in [2.45, 2.75) is 29.7 Å². The highest BCUT2D eigenvalue weighted by molar-refractivity contribution is 8.00. The van der Waals surface area contributed by atoms with Gasteiger partial charge in [-0.05, 0) is 36.8 Å². The average Bonchev–Trinajstić information content (AvgIpc) is 3.33. The Bertz CT molecular complexity index is 1410. The first-order valence-corrected chi connectivity index (χ1v) is 12.9. The minimum Gasteiger partial charge on any atom is -0.462 e. The molecule has 3 aromatic rings. The van der Waals surface area contributed by atoms with Gasteiger partial charge in [-0.15, -0.1) is 0 Å². The summed E-state index contributed by atoms with van der Waals surface area (Å²) in [6.07, 6.45) is 0. The summed E-state index contributed by atoms with van der Waals surface area (Å²) in [5.74, 6) is -2.73. The number of ether oxygens (including phenoxy) is 1. The van der Waals surface area contributed by atoms with E-state index in [2.05, 4.69) is 10.6 Å². The van der Waals surface area contributed by atoms with Crippen LogP contribution in [0.3, 0.4) is 0 Å². The van der Waals surface area contributed by atoms with Gasteiger partial charge in [-0.1, -0.05) is 53.4 Å². The van der Waals surface area contributed by atoms with Gasteiger partial charge in [0.05, 0.1) is 23.1 Å². The SMILES string of the molecule is CCOC(=O)c1ccc(NC(=O)Cn2c3c(sc2=O)C(c2ccccc2)C2C(=O)NC(=O)C2S3)cc1. The lowest BCUT2D eigenvalue weighted by Crippen LogP contribution is -2.32. The number of anilines is 1. The molecule has 2 aromatic carbocycles. The number of nitrogens with one attached hydrogen (secondary N) is 2. The van der Waals surface area contributed by atoms with Crippen LogP contribution in [0, 0.1) is 5.92 Å². The number of carbonyl (C=O) groups excluding carboxylic acids is 4. The van der Waals surface area contributed by atoms with E-state index >= 15 is 0 Å². The second kappa shape index (κ2) is 9.75. The lowest BCUT2D eigenvalue weighted by Gasteiger charge is -2.30. The van der Waals surface area contributed by atoms with E-state index in [1.54, 1.807) is 31.2 Å². The standard InChI is InChI=1S/C25H21N3O6S2/c1-2-34-24(32)14-8-10-15(11-9-14)26-16(29)12-28-23-20(36-25(28)33)17(13-6-4-3-5-7-13)18-19(35-23)22(31)27-21(18)30/h3-11,17-19H,2,12H2,1H3,(H,26,29)(H,27,30,31). The molecule has 0 radical (unpaired) electrons. The number of hydrogen-bond donors (Lipinski definition) is 2. The van der Waals surface area contributed by atoms with Crippen molar-refractivity contribution in [3.63, 3.8) is 0 Å². The second-order valence-electron chi connectivity index (χ2n) is 8.28. The van der Waals surface area contributed by atoms with Crippen LogP contribution in [0.4, 0.5) is 5.69 Å². The smallest absolute Gasteiger partial charge is 0.338 e. The molecule has 3 atom stereocenters. The van der Waals surface area contributed by atoms with Gasteiger partial charge < -0.3 is 10.1 Å². The molecule has 1 fully saturated rings. The Kier molecular flexibility index (Phi) is 6.50. The zero-order chi connectivity index (χ0) is 25.4. The first kappa shape index (κ1) is 24.0. The van der Waals surface area contributed by atoms with Gasteiger partial charge in [-0.25, -0.2) is 4.79 Å². The molecule has 2 N–H and O–H groups in total. The minimum absolute atomic E-state index is 0.258. The number of esters is 1. The summed E-state index contributed by atoms with van der Waals surface area (Å²) in [4.78, 5) is 63.2. The Morgan fingerprint density at radius 2 is 1.75 bits per heavy atom. The number of amides is 3. The van der Waals surface area contributed by atoms with Crippen LogP contribution in [0.25, 0.3) is 0 Å². The van der Waals surface area contributed by atoms with Gasteiger partial charge in [0, 0.05) is 16.5 Å². The normalized spacial score (nSPS) is 20.3. The Labute approximate surface area is 213 Å². The van der Waals surface area contributed by atoms with Gasteiger partial charge in [0.1, 0.15) is 11.8 Å². The van der Waals surface area contributed by atoms with Gasteiger partial charge in [0.2, 0.25) is 17.7 Å². The molecule has 3 unspecified atom stereocenters. The predicted molar refractivity (Wildman–Crippen MR) is 134 cm³/mol. The van der Waals surface area contributed by atoms with Crippen LogP contribution in [0.1, 0.15) is 33.6 Å². The summed E-state index contributed by atoms with van der Waals surface area (Å²) in [7, 11) is 0. The number of thioether (sulfide) groups is 1. The summed E-state index contributed by atoms with van der Waals surface area (Å²) in [5, 5.41) is 4.99. The molecular formula is C25H21N3O6S2. The Hall–Kier alpha value is -3.70. The third-order valence-electron chi connectivity index (χ3n) is 6.03. The zero-order valence-electron chi connectivity index (χ0n) is 19.1. The van der Waals surface area contributed by atoms with E-state index in [0.29, 0.717) is 21.2 Å². The molecule has 9 nitrogen and oxygen atoms in total. The number of fused-ring (bicyclic) bond motifs is 2. The number of carbonyl (C=O) groups is 4. The molecule has 0 spiro atoms. The number of thiazole rings is 1. The third kappa shape index (κ3) is 4.35. The molecule has 2 aliphatic heterocycles. The number of nitrogens with zero attached hydrogens (tertiary/aromatic N) is 1. The fourth-order valence-electron chi connectivity index (χ4n) is 4.44. The lowest BCUT2D eigenvalue weighted by molar-refractivity contribution is -0.126. The van der Waals surface area contributed by atoms with Crippen LogP contribution in [0.2, 0.25) is 0 Å². The van der Waals surface area contributed by atoms with Crippen LogP contribution in [-0.2, 0) is 25.7 Å². The maximum atomic E-state index is 13.0. The second-order valence-corrected chi connectivity index (χ2v) is 10.4. The van der Waals surface area contributed by atoms with Crippen molar-refractivity contribution in [3.05, 3.63) is 80.3 Å². The first-order valence-electron chi connectivity index (χ1n) is 11.2. The van der Waals surface area contributed by atoms with Crippen molar-refractivity contribution >= 4 is 52.5 Å². The van der Waals surface area contributed by atoms with Crippen LogP contribution >= 0.6 is 23.1 Å². The number of hydrogen-bond acceptors (Lipinski definition) is 8. The maximum Gasteiger partial charge on any atom is 0.338 e. The van der Waals surface area contributed by atoms with E-state index in [0.717, 1.165) is 28.7 Å². The summed E-state index contributed by atoms with van der Waals surface area (Å²) in [6, 6.07) is 15.5. The Balaban J connectivity index is 1.42. The van der Waals surface area contributed by atoms with Crippen molar-refractivity contribution < 1.29 is 23.9 Å². The van der Waals surface area contributed by atoms with E-state index in [9.17, 15) is 24.0 Å². The number of rotatable bonds is 6. The van der Waals surface area contributed by atoms with Gasteiger partial charge in [0.25, 0.3) is 0 Å². The van der Waals surface area contributed by atoms with Crippen LogP contribution < -0.4 is 15.5 Å². The van der Waals surface area contributed by atoms with Crippen molar-refractivity contribution in [2.75, 3.05) is 11.9 Å². The molecule has 3 amide bonds. The zero-order valence-corrected chi connectivity index (χ0v) is 20.7. The molecule has 3 heterocycles. The summed E-state index contributed by atoms with van der Waals surface area (Å²) < 4.78 is 6.31. The monoisotopic (exact) mass is 523 g/mol. The summed E-state index contributed by atoms with van der Waals surface area (Å²) in [5.41, 5.74) is 1.65. The topological polar surface area (TPSA) is 124 Å². The molecule has 2 aliphatic rings. The van der Waals surface area contributed by atoms with Crippen molar-refractivity contribution in [1.29, 1.82) is 0 Å². The van der Waals surface area contributed by atoms with Crippen LogP contribution in [0.15, 0.2) is 64.4 Å². The van der Waals surface area contributed by atoms with Crippen LogP contribution in [-0.4, -0.2) is 40.1 Å². The number of aromatic nitrogens is 1. The molecule has 0 bridgehead atoms.